The van der Waals surface area contributed by atoms with Crippen molar-refractivity contribution >= 4 is 27.9 Å². The summed E-state index contributed by atoms with van der Waals surface area (Å²) < 4.78 is 12.9. The van der Waals surface area contributed by atoms with Gasteiger partial charge in [0.25, 0.3) is 5.91 Å². The van der Waals surface area contributed by atoms with Gasteiger partial charge >= 0.3 is 6.03 Å². The van der Waals surface area contributed by atoms with E-state index in [0.29, 0.717) is 0 Å². The second-order valence-corrected chi connectivity index (χ2v) is 3.30. The van der Waals surface area contributed by atoms with E-state index in [0.717, 1.165) is 12.1 Å². The zero-order valence-electron chi connectivity index (χ0n) is 6.88. The molecule has 0 radical (unpaired) electrons. The zero-order valence-corrected chi connectivity index (χ0v) is 8.47. The first-order valence-electron chi connectivity index (χ1n) is 3.56. The molecule has 0 fully saturated rings. The minimum Gasteiger partial charge on any atom is -0.351 e. The van der Waals surface area contributed by atoms with Crippen molar-refractivity contribution < 1.29 is 14.0 Å². The summed E-state index contributed by atoms with van der Waals surface area (Å²) in [6, 6.07) is 2.53. The molecule has 0 atom stereocenters. The highest BCUT2D eigenvalue weighted by molar-refractivity contribution is 9.10. The number of rotatable bonds is 1. The fourth-order valence-corrected chi connectivity index (χ4v) is 1.38. The van der Waals surface area contributed by atoms with Gasteiger partial charge in [-0.3, -0.25) is 10.1 Å². The average Bonchev–Trinajstić information content (AvgIpc) is 2.01. The van der Waals surface area contributed by atoms with Crippen LogP contribution in [0, 0.1) is 5.82 Å². The second-order valence-electron chi connectivity index (χ2n) is 2.44. The lowest BCUT2D eigenvalue weighted by Crippen LogP contribution is -2.35. The van der Waals surface area contributed by atoms with Crippen LogP contribution in [-0.2, 0) is 0 Å². The minimum atomic E-state index is -0.953. The summed E-state index contributed by atoms with van der Waals surface area (Å²) in [5.74, 6) is -1.16. The van der Waals surface area contributed by atoms with Crippen molar-refractivity contribution in [2.75, 3.05) is 0 Å². The third kappa shape index (κ3) is 2.53. The molecule has 3 N–H and O–H groups in total. The van der Waals surface area contributed by atoms with Gasteiger partial charge in [-0.1, -0.05) is 0 Å². The molecule has 74 valence electrons. The number of nitrogens with one attached hydrogen (secondary N) is 1. The van der Waals surface area contributed by atoms with Gasteiger partial charge in [-0.15, -0.1) is 0 Å². The molecule has 1 aromatic carbocycles. The molecule has 0 spiro atoms. The topological polar surface area (TPSA) is 72.2 Å². The van der Waals surface area contributed by atoms with Gasteiger partial charge in [0.15, 0.2) is 0 Å². The largest absolute Gasteiger partial charge is 0.351 e. The Bertz CT molecular complexity index is 395. The van der Waals surface area contributed by atoms with Gasteiger partial charge in [0, 0.05) is 4.47 Å². The number of urea groups is 1. The van der Waals surface area contributed by atoms with E-state index in [1.807, 2.05) is 5.32 Å². The van der Waals surface area contributed by atoms with Gasteiger partial charge in [-0.2, -0.15) is 0 Å². The highest BCUT2D eigenvalue weighted by Gasteiger charge is 2.11. The summed E-state index contributed by atoms with van der Waals surface area (Å²) >= 11 is 2.98. The van der Waals surface area contributed by atoms with E-state index in [-0.39, 0.29) is 10.0 Å². The van der Waals surface area contributed by atoms with E-state index in [1.165, 1.54) is 6.07 Å². The van der Waals surface area contributed by atoms with Crippen LogP contribution in [0.25, 0.3) is 0 Å². The first kappa shape index (κ1) is 10.6. The summed E-state index contributed by atoms with van der Waals surface area (Å²) in [5, 5.41) is 1.87. The smallest absolute Gasteiger partial charge is 0.319 e. The molecule has 0 aliphatic rings. The molecule has 1 rings (SSSR count). The van der Waals surface area contributed by atoms with Crippen molar-refractivity contribution in [2.24, 2.45) is 5.73 Å². The van der Waals surface area contributed by atoms with E-state index >= 15 is 0 Å². The molecule has 0 aliphatic heterocycles. The van der Waals surface area contributed by atoms with Crippen LogP contribution in [0.3, 0.4) is 0 Å². The Balaban J connectivity index is 2.96. The van der Waals surface area contributed by atoms with Crippen LogP contribution >= 0.6 is 15.9 Å². The van der Waals surface area contributed by atoms with E-state index in [1.54, 1.807) is 0 Å². The normalized spacial score (nSPS) is 9.57. The maximum atomic E-state index is 12.6. The molecule has 6 heteroatoms. The van der Waals surface area contributed by atoms with Gasteiger partial charge in [0.05, 0.1) is 5.56 Å². The predicted molar refractivity (Wildman–Crippen MR) is 51.1 cm³/mol. The van der Waals surface area contributed by atoms with Crippen LogP contribution < -0.4 is 11.1 Å². The molecule has 3 amide bonds. The van der Waals surface area contributed by atoms with Crippen LogP contribution in [0.4, 0.5) is 9.18 Å². The predicted octanol–water partition coefficient (Wildman–Crippen LogP) is 1.40. The van der Waals surface area contributed by atoms with E-state index in [4.69, 9.17) is 5.73 Å². The molecule has 0 aromatic heterocycles. The van der Waals surface area contributed by atoms with Crippen LogP contribution in [0.1, 0.15) is 10.4 Å². The second kappa shape index (κ2) is 4.19. The number of primary amides is 1. The maximum Gasteiger partial charge on any atom is 0.319 e. The Labute approximate surface area is 87.4 Å². The first-order valence-corrected chi connectivity index (χ1v) is 4.36. The highest BCUT2D eigenvalue weighted by Crippen LogP contribution is 2.17. The summed E-state index contributed by atoms with van der Waals surface area (Å²) in [4.78, 5) is 21.6. The fourth-order valence-electron chi connectivity index (χ4n) is 0.853. The number of carbonyl (C=O) groups is 2. The Morgan fingerprint density at radius 1 is 1.43 bits per heavy atom. The van der Waals surface area contributed by atoms with Crippen molar-refractivity contribution in [1.29, 1.82) is 0 Å². The van der Waals surface area contributed by atoms with E-state index in [2.05, 4.69) is 15.9 Å². The van der Waals surface area contributed by atoms with Gasteiger partial charge in [0.2, 0.25) is 0 Å². The maximum absolute atomic E-state index is 12.6. The van der Waals surface area contributed by atoms with Gasteiger partial charge in [-0.25, -0.2) is 9.18 Å². The summed E-state index contributed by atoms with van der Waals surface area (Å²) in [5.41, 5.74) is 4.89. The summed E-state index contributed by atoms with van der Waals surface area (Å²) in [7, 11) is 0. The lowest BCUT2D eigenvalue weighted by molar-refractivity contribution is 0.0965. The van der Waals surface area contributed by atoms with Gasteiger partial charge in [0.1, 0.15) is 5.82 Å². The number of imide groups is 1. The molecule has 0 saturated carbocycles. The van der Waals surface area contributed by atoms with Gasteiger partial charge in [-0.05, 0) is 34.1 Å². The minimum absolute atomic E-state index is 0.144. The number of hydrogen-bond donors (Lipinski definition) is 2. The standard InChI is InChI=1S/C8H6BrFN2O2/c9-6-3-4(10)1-2-5(6)7(13)12-8(11)14/h1-3H,(H3,11,12,13,14). The third-order valence-electron chi connectivity index (χ3n) is 1.41. The molecular weight excluding hydrogens is 255 g/mol. The van der Waals surface area contributed by atoms with Crippen molar-refractivity contribution in [3.8, 4) is 0 Å². The SMILES string of the molecule is NC(=O)NC(=O)c1ccc(F)cc1Br. The number of nitrogens with two attached hydrogens (primary N) is 1. The zero-order chi connectivity index (χ0) is 10.7. The molecule has 0 heterocycles. The summed E-state index contributed by atoms with van der Waals surface area (Å²) in [6.45, 7) is 0. The van der Waals surface area contributed by atoms with E-state index < -0.39 is 17.8 Å². The molecular formula is C8H6BrFN2O2. The van der Waals surface area contributed by atoms with Gasteiger partial charge < -0.3 is 5.73 Å². The average molecular weight is 261 g/mol. The molecule has 0 aliphatic carbocycles. The van der Waals surface area contributed by atoms with Crippen LogP contribution in [-0.4, -0.2) is 11.9 Å². The number of hydrogen-bond acceptors (Lipinski definition) is 2. The first-order chi connectivity index (χ1) is 6.50. The van der Waals surface area contributed by atoms with Crippen molar-refractivity contribution in [3.05, 3.63) is 34.1 Å². The lowest BCUT2D eigenvalue weighted by Gasteiger charge is -2.02. The van der Waals surface area contributed by atoms with E-state index in [9.17, 15) is 14.0 Å². The Morgan fingerprint density at radius 2 is 2.07 bits per heavy atom. The Hall–Kier alpha value is -1.43. The lowest BCUT2D eigenvalue weighted by atomic mass is 10.2. The molecule has 0 bridgehead atoms. The van der Waals surface area contributed by atoms with Crippen molar-refractivity contribution in [2.45, 2.75) is 0 Å². The van der Waals surface area contributed by atoms with Crippen LogP contribution in [0.2, 0.25) is 0 Å². The number of benzene rings is 1. The Kier molecular flexibility index (Phi) is 3.19. The monoisotopic (exact) mass is 260 g/mol. The van der Waals surface area contributed by atoms with Crippen LogP contribution in [0.15, 0.2) is 22.7 Å². The van der Waals surface area contributed by atoms with Crippen molar-refractivity contribution in [3.63, 3.8) is 0 Å². The molecule has 0 saturated heterocycles. The van der Waals surface area contributed by atoms with Crippen LogP contribution in [0.5, 0.6) is 0 Å². The Morgan fingerprint density at radius 3 is 2.57 bits per heavy atom. The number of carbonyl (C=O) groups excluding carboxylic acids is 2. The quantitative estimate of drug-likeness (QED) is 0.801. The number of halogens is 2. The highest BCUT2D eigenvalue weighted by atomic mass is 79.9. The fraction of sp³-hybridized carbons (Fsp3) is 0. The number of amides is 3. The molecule has 14 heavy (non-hydrogen) atoms. The molecule has 4 nitrogen and oxygen atoms in total. The third-order valence-corrected chi connectivity index (χ3v) is 2.07. The van der Waals surface area contributed by atoms with Crippen molar-refractivity contribution in [1.82, 2.24) is 5.32 Å². The molecule has 0 unspecified atom stereocenters. The molecule has 1 aromatic rings. The summed E-state index contributed by atoms with van der Waals surface area (Å²) in [6.07, 6.45) is 0.